The summed E-state index contributed by atoms with van der Waals surface area (Å²) in [5.74, 6) is 0.539. The molecule has 0 saturated carbocycles. The minimum absolute atomic E-state index is 0.0842. The van der Waals surface area contributed by atoms with E-state index in [0.717, 1.165) is 33.5 Å². The molecule has 0 radical (unpaired) electrons. The van der Waals surface area contributed by atoms with Crippen molar-refractivity contribution in [1.29, 1.82) is 0 Å². The fourth-order valence-electron chi connectivity index (χ4n) is 3.38. The van der Waals surface area contributed by atoms with Gasteiger partial charge < -0.3 is 10.3 Å². The predicted molar refractivity (Wildman–Crippen MR) is 114 cm³/mol. The first-order valence-corrected chi connectivity index (χ1v) is 9.84. The molecule has 0 bridgehead atoms. The number of aryl methyl sites for hydroxylation is 2. The summed E-state index contributed by atoms with van der Waals surface area (Å²) < 4.78 is 1.99. The molecule has 0 aliphatic carbocycles. The third kappa shape index (κ3) is 4.66. The van der Waals surface area contributed by atoms with Crippen molar-refractivity contribution in [3.8, 4) is 0 Å². The van der Waals surface area contributed by atoms with Gasteiger partial charge in [0.1, 0.15) is 5.82 Å². The number of halogens is 1. The van der Waals surface area contributed by atoms with E-state index in [2.05, 4.69) is 45.5 Å². The van der Waals surface area contributed by atoms with E-state index in [1.165, 1.54) is 0 Å². The second-order valence-corrected chi connectivity index (χ2v) is 7.64. The maximum absolute atomic E-state index is 12.3. The maximum Gasteiger partial charge on any atom is 0.227 e. The molecule has 2 aromatic heterocycles. The molecule has 1 amide bonds. The molecular weight excluding hydrogens is 386 g/mol. The van der Waals surface area contributed by atoms with Gasteiger partial charge in [0.05, 0.1) is 29.7 Å². The van der Waals surface area contributed by atoms with E-state index in [1.54, 1.807) is 12.1 Å². The summed E-state index contributed by atoms with van der Waals surface area (Å²) in [6, 6.07) is 15.7. The number of nitrogens with zero attached hydrogens (tertiary/aromatic N) is 3. The van der Waals surface area contributed by atoms with Gasteiger partial charge in [0.25, 0.3) is 0 Å². The van der Waals surface area contributed by atoms with Crippen molar-refractivity contribution >= 4 is 28.5 Å². The Kier molecular flexibility index (Phi) is 5.36. The number of benzene rings is 2. The minimum Gasteiger partial charge on any atom is -0.352 e. The molecule has 29 heavy (non-hydrogen) atoms. The average Bonchev–Trinajstić information content (AvgIpc) is 3.21. The number of carbonyl (C=O) groups is 1. The van der Waals surface area contributed by atoms with Crippen LogP contribution in [0, 0.1) is 13.8 Å². The van der Waals surface area contributed by atoms with Gasteiger partial charge in [-0.2, -0.15) is 5.10 Å². The first-order valence-electron chi connectivity index (χ1n) is 9.46. The number of amides is 1. The second kappa shape index (κ2) is 8.09. The van der Waals surface area contributed by atoms with Gasteiger partial charge in [-0.3, -0.25) is 9.48 Å². The number of carbonyl (C=O) groups excluding carboxylic acids is 1. The van der Waals surface area contributed by atoms with Gasteiger partial charge in [-0.05, 0) is 49.2 Å². The third-order valence-corrected chi connectivity index (χ3v) is 4.97. The van der Waals surface area contributed by atoms with Gasteiger partial charge in [-0.1, -0.05) is 35.9 Å². The summed E-state index contributed by atoms with van der Waals surface area (Å²) in [5, 5.41) is 8.11. The van der Waals surface area contributed by atoms with Gasteiger partial charge in [0, 0.05) is 17.3 Å². The Morgan fingerprint density at radius 2 is 1.97 bits per heavy atom. The molecule has 6 nitrogen and oxygen atoms in total. The number of rotatable bonds is 6. The number of H-pyrrole nitrogens is 1. The highest BCUT2D eigenvalue weighted by Gasteiger charge is 2.09. The van der Waals surface area contributed by atoms with E-state index in [0.29, 0.717) is 23.9 Å². The highest BCUT2D eigenvalue weighted by atomic mass is 35.5. The third-order valence-electron chi connectivity index (χ3n) is 4.74. The number of aromatic nitrogens is 4. The highest BCUT2D eigenvalue weighted by Crippen LogP contribution is 2.17. The molecule has 0 saturated heterocycles. The lowest BCUT2D eigenvalue weighted by Crippen LogP contribution is -2.25. The van der Waals surface area contributed by atoms with Gasteiger partial charge in [0.2, 0.25) is 5.91 Å². The van der Waals surface area contributed by atoms with Crippen molar-refractivity contribution in [1.82, 2.24) is 25.1 Å². The molecule has 2 heterocycles. The molecule has 4 aromatic rings. The first-order chi connectivity index (χ1) is 14.0. The zero-order valence-corrected chi connectivity index (χ0v) is 17.1. The van der Waals surface area contributed by atoms with Crippen molar-refractivity contribution in [2.24, 2.45) is 0 Å². The fourth-order valence-corrected chi connectivity index (χ4v) is 3.55. The molecule has 2 aromatic carbocycles. The Hall–Kier alpha value is -3.12. The molecular formula is C22H22ClN5O. The van der Waals surface area contributed by atoms with E-state index in [1.807, 2.05) is 29.8 Å². The van der Waals surface area contributed by atoms with Gasteiger partial charge in [0.15, 0.2) is 0 Å². The summed E-state index contributed by atoms with van der Waals surface area (Å²) in [7, 11) is 0. The number of hydrogen-bond donors (Lipinski definition) is 2. The largest absolute Gasteiger partial charge is 0.352 e. The molecule has 4 rings (SSSR count). The van der Waals surface area contributed by atoms with Crippen LogP contribution in [-0.2, 0) is 24.3 Å². The van der Waals surface area contributed by atoms with Crippen molar-refractivity contribution in [2.45, 2.75) is 33.4 Å². The quantitative estimate of drug-likeness (QED) is 0.508. The second-order valence-electron chi connectivity index (χ2n) is 7.20. The SMILES string of the molecule is Cc1cc(C)n(Cc2cccc(CNC(=O)Cc3nc4ccc(Cl)cc4[nH]3)c2)n1. The van der Waals surface area contributed by atoms with Crippen LogP contribution in [0.25, 0.3) is 11.0 Å². The average molecular weight is 408 g/mol. The van der Waals surface area contributed by atoms with Crippen molar-refractivity contribution < 1.29 is 4.79 Å². The zero-order valence-electron chi connectivity index (χ0n) is 16.4. The first kappa shape index (κ1) is 19.2. The van der Waals surface area contributed by atoms with Crippen molar-refractivity contribution in [2.75, 3.05) is 0 Å². The standard InChI is InChI=1S/C22H22ClN5O/c1-14-8-15(2)28(27-14)13-17-5-3-4-16(9-17)12-24-22(29)11-21-25-19-7-6-18(23)10-20(19)26-21/h3-10H,11-13H2,1-2H3,(H,24,29)(H,25,26). The predicted octanol–water partition coefficient (Wildman–Crippen LogP) is 3.94. The smallest absolute Gasteiger partial charge is 0.227 e. The van der Waals surface area contributed by atoms with E-state index in [-0.39, 0.29) is 12.3 Å². The summed E-state index contributed by atoms with van der Waals surface area (Å²) in [5.41, 5.74) is 5.98. The Bertz CT molecular complexity index is 1180. The molecule has 0 unspecified atom stereocenters. The molecule has 0 fully saturated rings. The van der Waals surface area contributed by atoms with Crippen LogP contribution in [0.5, 0.6) is 0 Å². The molecule has 148 valence electrons. The molecule has 7 heteroatoms. The van der Waals surface area contributed by atoms with Gasteiger partial charge >= 0.3 is 0 Å². The Balaban J connectivity index is 1.36. The van der Waals surface area contributed by atoms with E-state index < -0.39 is 0 Å². The van der Waals surface area contributed by atoms with E-state index in [9.17, 15) is 4.79 Å². The van der Waals surface area contributed by atoms with E-state index >= 15 is 0 Å². The Labute approximate surface area is 173 Å². The number of imidazole rings is 1. The summed E-state index contributed by atoms with van der Waals surface area (Å²) in [4.78, 5) is 19.9. The molecule has 0 aliphatic heterocycles. The van der Waals surface area contributed by atoms with Crippen LogP contribution < -0.4 is 5.32 Å². The summed E-state index contributed by atoms with van der Waals surface area (Å²) in [6.45, 7) is 5.22. The zero-order chi connectivity index (χ0) is 20.4. The van der Waals surface area contributed by atoms with Crippen LogP contribution in [0.4, 0.5) is 0 Å². The molecule has 0 aliphatic rings. The van der Waals surface area contributed by atoms with E-state index in [4.69, 9.17) is 11.6 Å². The lowest BCUT2D eigenvalue weighted by Gasteiger charge is -2.08. The monoisotopic (exact) mass is 407 g/mol. The molecule has 0 atom stereocenters. The van der Waals surface area contributed by atoms with Crippen molar-refractivity contribution in [3.05, 3.63) is 81.9 Å². The van der Waals surface area contributed by atoms with Crippen LogP contribution in [0.3, 0.4) is 0 Å². The highest BCUT2D eigenvalue weighted by molar-refractivity contribution is 6.31. The Morgan fingerprint density at radius 1 is 1.14 bits per heavy atom. The Morgan fingerprint density at radius 3 is 2.76 bits per heavy atom. The van der Waals surface area contributed by atoms with Crippen LogP contribution >= 0.6 is 11.6 Å². The number of fused-ring (bicyclic) bond motifs is 1. The van der Waals surface area contributed by atoms with Crippen molar-refractivity contribution in [3.63, 3.8) is 0 Å². The molecule has 2 N–H and O–H groups in total. The molecule has 0 spiro atoms. The normalized spacial score (nSPS) is 11.1. The van der Waals surface area contributed by atoms with Crippen LogP contribution in [0.1, 0.15) is 28.3 Å². The minimum atomic E-state index is -0.0842. The summed E-state index contributed by atoms with van der Waals surface area (Å²) >= 11 is 5.99. The number of nitrogens with one attached hydrogen (secondary N) is 2. The van der Waals surface area contributed by atoms with Crippen LogP contribution in [0.2, 0.25) is 5.02 Å². The fraction of sp³-hybridized carbons (Fsp3) is 0.227. The van der Waals surface area contributed by atoms with Crippen LogP contribution in [-0.4, -0.2) is 25.7 Å². The van der Waals surface area contributed by atoms with Gasteiger partial charge in [-0.15, -0.1) is 0 Å². The topological polar surface area (TPSA) is 75.6 Å². The summed E-state index contributed by atoms with van der Waals surface area (Å²) in [6.07, 6.45) is 0.192. The van der Waals surface area contributed by atoms with Crippen LogP contribution in [0.15, 0.2) is 48.5 Å². The maximum atomic E-state index is 12.3. The number of aromatic amines is 1. The lowest BCUT2D eigenvalue weighted by atomic mass is 10.1. The lowest BCUT2D eigenvalue weighted by molar-refractivity contribution is -0.120. The number of hydrogen-bond acceptors (Lipinski definition) is 3. The van der Waals surface area contributed by atoms with Gasteiger partial charge in [-0.25, -0.2) is 4.98 Å².